The fraction of sp³-hybridized carbons (Fsp3) is 0.368. The van der Waals surface area contributed by atoms with Crippen molar-refractivity contribution < 1.29 is 9.53 Å². The van der Waals surface area contributed by atoms with Crippen LogP contribution >= 0.6 is 11.3 Å². The van der Waals surface area contributed by atoms with Crippen molar-refractivity contribution >= 4 is 29.3 Å². The van der Waals surface area contributed by atoms with Crippen LogP contribution in [0.4, 0.5) is 0 Å². The number of thiazole rings is 1. The van der Waals surface area contributed by atoms with Crippen molar-refractivity contribution in [3.63, 3.8) is 0 Å². The highest BCUT2D eigenvalue weighted by Crippen LogP contribution is 2.15. The molecule has 128 valence electrons. The number of ether oxygens (including phenoxy) is 1. The van der Waals surface area contributed by atoms with E-state index in [-0.39, 0.29) is 17.4 Å². The zero-order valence-electron chi connectivity index (χ0n) is 14.7. The number of aromatic nitrogens is 1. The number of nitrogens with one attached hydrogen (secondary N) is 1. The summed E-state index contributed by atoms with van der Waals surface area (Å²) in [6.07, 6.45) is 3.43. The number of carbonyl (C=O) groups is 1. The molecule has 0 spiro atoms. The molecule has 0 aliphatic rings. The van der Waals surface area contributed by atoms with Gasteiger partial charge in [0.2, 0.25) is 0 Å². The van der Waals surface area contributed by atoms with E-state index >= 15 is 0 Å². The highest BCUT2D eigenvalue weighted by molar-refractivity contribution is 7.07. The lowest BCUT2D eigenvalue weighted by molar-refractivity contribution is -0.119. The van der Waals surface area contributed by atoms with Crippen LogP contribution in [0.2, 0.25) is 0 Å². The molecular weight excluding hydrogens is 322 g/mol. The van der Waals surface area contributed by atoms with Gasteiger partial charge in [-0.25, -0.2) is 0 Å². The standard InChI is InChI=1S/C19H23NO3S/c1-12(2)23-14-8-6-13(7-9-14)10-15-18(22)20-17(24-15)11-16(21)19(3,4)5/h6-12H,1-5H3,(H,20,22)/b15-10+,17-11+. The molecule has 2 aromatic rings. The second-order valence-corrected chi connectivity index (χ2v) is 8.01. The molecule has 1 aromatic carbocycles. The molecule has 2 rings (SSSR count). The van der Waals surface area contributed by atoms with E-state index < -0.39 is 5.41 Å². The number of rotatable bonds is 4. The average Bonchev–Trinajstić information content (AvgIpc) is 2.79. The van der Waals surface area contributed by atoms with Crippen LogP contribution in [0.3, 0.4) is 0 Å². The molecule has 0 unspecified atom stereocenters. The third-order valence-electron chi connectivity index (χ3n) is 3.23. The van der Waals surface area contributed by atoms with Gasteiger partial charge < -0.3 is 9.72 Å². The summed E-state index contributed by atoms with van der Waals surface area (Å²) < 4.78 is 6.75. The quantitative estimate of drug-likeness (QED) is 0.926. The van der Waals surface area contributed by atoms with E-state index in [0.717, 1.165) is 11.3 Å². The Morgan fingerprint density at radius 3 is 2.38 bits per heavy atom. The van der Waals surface area contributed by atoms with E-state index in [2.05, 4.69) is 4.98 Å². The third-order valence-corrected chi connectivity index (χ3v) is 4.19. The van der Waals surface area contributed by atoms with Gasteiger partial charge in [0.15, 0.2) is 5.78 Å². The summed E-state index contributed by atoms with van der Waals surface area (Å²) in [5.74, 6) is 0.786. The molecule has 0 bridgehead atoms. The molecule has 24 heavy (non-hydrogen) atoms. The molecule has 0 atom stereocenters. The molecule has 1 heterocycles. The fourth-order valence-electron chi connectivity index (χ4n) is 1.93. The number of Topliss-reactive ketones (excluding diaryl/α,β-unsaturated/α-hetero) is 1. The van der Waals surface area contributed by atoms with Crippen molar-refractivity contribution in [1.29, 1.82) is 0 Å². The molecule has 0 aliphatic carbocycles. The SMILES string of the molecule is CC(C)Oc1ccc(/C=c2/s/c(=C/C(=O)C(C)(C)C)[nH]c2=O)cc1. The van der Waals surface area contributed by atoms with E-state index in [0.29, 0.717) is 9.20 Å². The first-order valence-electron chi connectivity index (χ1n) is 7.89. The fourth-order valence-corrected chi connectivity index (χ4v) is 2.81. The maximum Gasteiger partial charge on any atom is 0.266 e. The van der Waals surface area contributed by atoms with Crippen molar-refractivity contribution in [2.45, 2.75) is 40.7 Å². The summed E-state index contributed by atoms with van der Waals surface area (Å²) in [6.45, 7) is 9.51. The van der Waals surface area contributed by atoms with Crippen molar-refractivity contribution in [2.75, 3.05) is 0 Å². The van der Waals surface area contributed by atoms with Crippen molar-refractivity contribution in [3.05, 3.63) is 49.4 Å². The number of carbonyl (C=O) groups excluding carboxylic acids is 1. The van der Waals surface area contributed by atoms with E-state index in [1.54, 1.807) is 0 Å². The molecule has 0 fully saturated rings. The second-order valence-electron chi connectivity index (χ2n) is 6.92. The first-order chi connectivity index (χ1) is 11.1. The van der Waals surface area contributed by atoms with Crippen LogP contribution in [0.15, 0.2) is 29.1 Å². The Morgan fingerprint density at radius 1 is 1.21 bits per heavy atom. The van der Waals surface area contributed by atoms with Gasteiger partial charge in [-0.05, 0) is 37.6 Å². The molecule has 1 aromatic heterocycles. The third kappa shape index (κ3) is 4.93. The molecule has 5 heteroatoms. The molecule has 0 amide bonds. The summed E-state index contributed by atoms with van der Waals surface area (Å²) in [7, 11) is 0. The van der Waals surface area contributed by atoms with Crippen LogP contribution in [0.25, 0.3) is 12.2 Å². The predicted molar refractivity (Wildman–Crippen MR) is 98.9 cm³/mol. The van der Waals surface area contributed by atoms with Crippen LogP contribution < -0.4 is 19.5 Å². The summed E-state index contributed by atoms with van der Waals surface area (Å²) in [5.41, 5.74) is 0.263. The average molecular weight is 345 g/mol. The van der Waals surface area contributed by atoms with Gasteiger partial charge in [0.05, 0.1) is 15.3 Å². The van der Waals surface area contributed by atoms with Crippen molar-refractivity contribution in [1.82, 2.24) is 4.98 Å². The highest BCUT2D eigenvalue weighted by Gasteiger charge is 2.18. The number of hydrogen-bond acceptors (Lipinski definition) is 4. The monoisotopic (exact) mass is 345 g/mol. The number of ketones is 1. The lowest BCUT2D eigenvalue weighted by atomic mass is 9.91. The molecular formula is C19H23NO3S. The Hall–Kier alpha value is -2.14. The zero-order valence-corrected chi connectivity index (χ0v) is 15.5. The smallest absolute Gasteiger partial charge is 0.266 e. The van der Waals surface area contributed by atoms with E-state index in [4.69, 9.17) is 4.74 Å². The molecule has 0 radical (unpaired) electrons. The second kappa shape index (κ2) is 7.18. The minimum Gasteiger partial charge on any atom is -0.491 e. The van der Waals surface area contributed by atoms with Gasteiger partial charge in [-0.15, -0.1) is 11.3 Å². The Balaban J connectivity index is 2.33. The van der Waals surface area contributed by atoms with Crippen molar-refractivity contribution in [2.24, 2.45) is 5.41 Å². The maximum absolute atomic E-state index is 12.1. The topological polar surface area (TPSA) is 59.2 Å². The normalized spacial score (nSPS) is 13.6. The highest BCUT2D eigenvalue weighted by atomic mass is 32.1. The summed E-state index contributed by atoms with van der Waals surface area (Å²) in [4.78, 5) is 26.8. The number of hydrogen-bond donors (Lipinski definition) is 1. The van der Waals surface area contributed by atoms with Gasteiger partial charge in [0.1, 0.15) is 5.75 Å². The van der Waals surface area contributed by atoms with Crippen LogP contribution in [0.1, 0.15) is 40.2 Å². The van der Waals surface area contributed by atoms with Crippen molar-refractivity contribution in [3.8, 4) is 5.75 Å². The minimum absolute atomic E-state index is 0.0123. The summed E-state index contributed by atoms with van der Waals surface area (Å²) >= 11 is 1.28. The van der Waals surface area contributed by atoms with Gasteiger partial charge in [0.25, 0.3) is 5.56 Å². The number of aromatic amines is 1. The summed E-state index contributed by atoms with van der Waals surface area (Å²) in [5, 5.41) is 0. The number of benzene rings is 1. The maximum atomic E-state index is 12.1. The largest absolute Gasteiger partial charge is 0.491 e. The molecule has 4 nitrogen and oxygen atoms in total. The summed E-state index contributed by atoms with van der Waals surface area (Å²) in [6, 6.07) is 7.56. The van der Waals surface area contributed by atoms with Gasteiger partial charge >= 0.3 is 0 Å². The molecule has 0 saturated carbocycles. The van der Waals surface area contributed by atoms with E-state index in [9.17, 15) is 9.59 Å². The molecule has 1 N–H and O–H groups in total. The predicted octanol–water partition coefficient (Wildman–Crippen LogP) is 2.45. The first kappa shape index (κ1) is 18.2. The Morgan fingerprint density at radius 2 is 1.83 bits per heavy atom. The van der Waals surface area contributed by atoms with Gasteiger partial charge in [-0.1, -0.05) is 32.9 Å². The van der Waals surface area contributed by atoms with Gasteiger partial charge in [0, 0.05) is 11.5 Å². The lowest BCUT2D eigenvalue weighted by Crippen LogP contribution is -2.22. The van der Waals surface area contributed by atoms with E-state index in [1.165, 1.54) is 17.4 Å². The van der Waals surface area contributed by atoms with Crippen LogP contribution in [0.5, 0.6) is 5.75 Å². The minimum atomic E-state index is -0.461. The molecule has 0 aliphatic heterocycles. The Bertz CT molecular complexity index is 880. The Kier molecular flexibility index (Phi) is 5.44. The van der Waals surface area contributed by atoms with Crippen LogP contribution in [0, 0.1) is 5.41 Å². The van der Waals surface area contributed by atoms with Crippen LogP contribution in [-0.4, -0.2) is 16.9 Å². The zero-order chi connectivity index (χ0) is 17.9. The first-order valence-corrected chi connectivity index (χ1v) is 8.70. The van der Waals surface area contributed by atoms with Crippen LogP contribution in [-0.2, 0) is 4.79 Å². The Labute approximate surface area is 145 Å². The molecule has 0 saturated heterocycles. The van der Waals surface area contributed by atoms with Gasteiger partial charge in [-0.3, -0.25) is 9.59 Å². The van der Waals surface area contributed by atoms with Gasteiger partial charge in [-0.2, -0.15) is 0 Å². The lowest BCUT2D eigenvalue weighted by Gasteiger charge is -2.12. The number of H-pyrrole nitrogens is 1. The van der Waals surface area contributed by atoms with E-state index in [1.807, 2.05) is 65.0 Å².